The van der Waals surface area contributed by atoms with Crippen LogP contribution in [-0.4, -0.2) is 0 Å². The third kappa shape index (κ3) is 6.62. The van der Waals surface area contributed by atoms with Gasteiger partial charge in [-0.25, -0.2) is 0 Å². The number of rotatable bonds is 7. The minimum Gasteiger partial charge on any atom is -0.310 e. The fraction of sp³-hybridized carbons (Fsp3) is 0.0930. The van der Waals surface area contributed by atoms with Gasteiger partial charge in [-0.2, -0.15) is 0 Å². The van der Waals surface area contributed by atoms with Gasteiger partial charge in [-0.15, -0.1) is 0 Å². The molecular formula is C86H62N2. The average Bonchev–Trinajstić information content (AvgIpc) is 1.53. The summed E-state index contributed by atoms with van der Waals surface area (Å²) in [6.07, 6.45) is 0. The van der Waals surface area contributed by atoms with Crippen molar-refractivity contribution in [3.05, 3.63) is 370 Å². The third-order valence-corrected chi connectivity index (χ3v) is 20.9. The molecule has 13 aromatic rings. The second-order valence-electron chi connectivity index (χ2n) is 25.8. The first-order valence-electron chi connectivity index (χ1n) is 31.2. The third-order valence-electron chi connectivity index (χ3n) is 20.9. The molecule has 2 heteroatoms. The minimum atomic E-state index is -0.590. The van der Waals surface area contributed by atoms with Gasteiger partial charge in [0.15, 0.2) is 0 Å². The first-order valence-corrected chi connectivity index (χ1v) is 31.2. The summed E-state index contributed by atoms with van der Waals surface area (Å²) >= 11 is 0. The molecule has 0 bridgehead atoms. The van der Waals surface area contributed by atoms with Gasteiger partial charge in [0.1, 0.15) is 0 Å². The zero-order chi connectivity index (χ0) is 58.7. The Morgan fingerprint density at radius 3 is 1.38 bits per heavy atom. The monoisotopic (exact) mass is 1120 g/mol. The highest BCUT2D eigenvalue weighted by molar-refractivity contribution is 6.02. The van der Waals surface area contributed by atoms with Gasteiger partial charge in [-0.3, -0.25) is 0 Å². The Hall–Kier alpha value is -10.5. The number of hydrogen-bond acceptors (Lipinski definition) is 2. The number of para-hydroxylation sites is 3. The van der Waals surface area contributed by atoms with Crippen LogP contribution in [0.25, 0.3) is 55.6 Å². The molecule has 0 unspecified atom stereocenters. The van der Waals surface area contributed by atoms with E-state index in [0.717, 1.165) is 33.9 Å². The Kier molecular flexibility index (Phi) is 10.7. The van der Waals surface area contributed by atoms with Crippen LogP contribution in [0.15, 0.2) is 303 Å². The van der Waals surface area contributed by atoms with Gasteiger partial charge in [0, 0.05) is 39.1 Å². The smallest absolute Gasteiger partial charge is 0.0754 e. The lowest BCUT2D eigenvalue weighted by Crippen LogP contribution is -2.36. The SMILES string of the molecule is CC1(C)c2ccc(N(c3cccc(-c4cccc5c4N(c4ccccc4)c4ccccc4C54c5ccccc5-c5ccccc54)c3)c3cccc(C4(c5ccccc5)c5ccccc5-c5ccccc54)c3)cc2-c2c1ccc1c2C(C)(C)c2ccccc2-1. The fourth-order valence-electron chi connectivity index (χ4n) is 17.3. The molecule has 0 fully saturated rings. The van der Waals surface area contributed by atoms with E-state index in [9.17, 15) is 0 Å². The van der Waals surface area contributed by atoms with Gasteiger partial charge in [0.25, 0.3) is 0 Å². The molecule has 1 heterocycles. The summed E-state index contributed by atoms with van der Waals surface area (Å²) in [4.78, 5) is 5.10. The molecule has 0 amide bonds. The lowest BCUT2D eigenvalue weighted by molar-refractivity contribution is 0.647. The molecule has 0 saturated heterocycles. The number of fused-ring (bicyclic) bond motifs is 19. The van der Waals surface area contributed by atoms with Crippen LogP contribution in [0.2, 0.25) is 0 Å². The molecule has 0 atom stereocenters. The molecule has 0 radical (unpaired) electrons. The second kappa shape index (κ2) is 18.5. The predicted octanol–water partition coefficient (Wildman–Crippen LogP) is 21.9. The van der Waals surface area contributed by atoms with Crippen molar-refractivity contribution in [2.45, 2.75) is 49.4 Å². The Balaban J connectivity index is 0.896. The van der Waals surface area contributed by atoms with E-state index in [0.29, 0.717) is 0 Å². The van der Waals surface area contributed by atoms with Crippen molar-refractivity contribution in [2.24, 2.45) is 0 Å². The zero-order valence-electron chi connectivity index (χ0n) is 49.8. The van der Waals surface area contributed by atoms with Gasteiger partial charge in [0.2, 0.25) is 0 Å². The first kappa shape index (κ1) is 50.8. The summed E-state index contributed by atoms with van der Waals surface area (Å²) < 4.78 is 0. The van der Waals surface area contributed by atoms with Crippen LogP contribution in [-0.2, 0) is 21.7 Å². The van der Waals surface area contributed by atoms with Crippen LogP contribution in [0.4, 0.5) is 34.1 Å². The summed E-state index contributed by atoms with van der Waals surface area (Å²) in [6.45, 7) is 9.72. The number of anilines is 6. The van der Waals surface area contributed by atoms with Crippen LogP contribution in [0.5, 0.6) is 0 Å². The number of nitrogens with zero attached hydrogens (tertiary/aromatic N) is 2. The van der Waals surface area contributed by atoms with E-state index in [-0.39, 0.29) is 10.8 Å². The van der Waals surface area contributed by atoms with Crippen LogP contribution in [0, 0.1) is 0 Å². The molecule has 13 aromatic carbocycles. The van der Waals surface area contributed by atoms with E-state index < -0.39 is 10.8 Å². The van der Waals surface area contributed by atoms with Crippen molar-refractivity contribution >= 4 is 34.1 Å². The second-order valence-corrected chi connectivity index (χ2v) is 25.8. The van der Waals surface area contributed by atoms with Crippen molar-refractivity contribution < 1.29 is 0 Å². The van der Waals surface area contributed by atoms with Crippen LogP contribution < -0.4 is 9.80 Å². The lowest BCUT2D eigenvalue weighted by Gasteiger charge is -2.46. The lowest BCUT2D eigenvalue weighted by atomic mass is 9.64. The minimum absolute atomic E-state index is 0.197. The van der Waals surface area contributed by atoms with Gasteiger partial charge in [0.05, 0.1) is 22.2 Å². The standard InChI is InChI=1S/C86H62N2/c1-83(2)71-50-48-61(54-69(71)80-77(83)51-49-68-67-38-11-16-40-70(67)84(3,4)81(68)80)87(60-33-24-29-57(53-60)85(56-27-7-5-8-28-56)72-41-17-12-34-63(72)64-35-13-18-42-73(64)85)59-32-23-26-55(52-59)62-39-25-46-78-82(62)88(58-30-9-6-10-31-58)79-47-22-21-45-76(79)86(78)74-43-19-14-36-65(74)66-37-15-20-44-75(66)86/h5-54H,1-4H3. The highest BCUT2D eigenvalue weighted by Crippen LogP contribution is 2.66. The number of hydrogen-bond donors (Lipinski definition) is 0. The highest BCUT2D eigenvalue weighted by atomic mass is 15.2. The zero-order valence-corrected chi connectivity index (χ0v) is 49.8. The Labute approximate surface area is 516 Å². The fourth-order valence-corrected chi connectivity index (χ4v) is 17.3. The Morgan fingerprint density at radius 2 is 0.727 bits per heavy atom. The Morgan fingerprint density at radius 1 is 0.273 bits per heavy atom. The van der Waals surface area contributed by atoms with E-state index >= 15 is 0 Å². The Bertz CT molecular complexity index is 4970. The van der Waals surface area contributed by atoms with Gasteiger partial charge in [-0.1, -0.05) is 276 Å². The van der Waals surface area contributed by atoms with Crippen LogP contribution >= 0.6 is 0 Å². The van der Waals surface area contributed by atoms with Crippen molar-refractivity contribution in [1.29, 1.82) is 0 Å². The maximum absolute atomic E-state index is 2.55. The van der Waals surface area contributed by atoms with E-state index in [1.807, 2.05) is 0 Å². The van der Waals surface area contributed by atoms with E-state index in [1.165, 1.54) is 123 Å². The van der Waals surface area contributed by atoms with Gasteiger partial charge < -0.3 is 9.80 Å². The highest BCUT2D eigenvalue weighted by Gasteiger charge is 2.53. The first-order chi connectivity index (χ1) is 43.2. The maximum atomic E-state index is 2.55. The number of benzene rings is 13. The molecule has 1 aliphatic heterocycles. The summed E-state index contributed by atoms with van der Waals surface area (Å²) in [5.74, 6) is 0. The van der Waals surface area contributed by atoms with Crippen molar-refractivity contribution in [3.8, 4) is 55.6 Å². The summed E-state index contributed by atoms with van der Waals surface area (Å²) in [6, 6.07) is 115. The molecule has 0 N–H and O–H groups in total. The molecular weight excluding hydrogens is 1060 g/mol. The summed E-state index contributed by atoms with van der Waals surface area (Å²) in [5.41, 5.74) is 33.8. The van der Waals surface area contributed by atoms with Crippen molar-refractivity contribution in [2.75, 3.05) is 9.80 Å². The summed E-state index contributed by atoms with van der Waals surface area (Å²) in [7, 11) is 0. The maximum Gasteiger partial charge on any atom is 0.0754 e. The average molecular weight is 1120 g/mol. The van der Waals surface area contributed by atoms with E-state index in [4.69, 9.17) is 0 Å². The van der Waals surface area contributed by atoms with Crippen LogP contribution in [0.1, 0.15) is 94.5 Å². The molecule has 5 aliphatic rings. The summed E-state index contributed by atoms with van der Waals surface area (Å²) in [5, 5.41) is 0. The largest absolute Gasteiger partial charge is 0.310 e. The quantitative estimate of drug-likeness (QED) is 0.157. The molecule has 18 rings (SSSR count). The normalized spacial score (nSPS) is 15.4. The molecule has 0 saturated carbocycles. The molecule has 0 aromatic heterocycles. The van der Waals surface area contributed by atoms with Gasteiger partial charge >= 0.3 is 0 Å². The molecule has 416 valence electrons. The van der Waals surface area contributed by atoms with E-state index in [1.54, 1.807) is 0 Å². The topological polar surface area (TPSA) is 6.48 Å². The van der Waals surface area contributed by atoms with E-state index in [2.05, 4.69) is 341 Å². The molecule has 2 nitrogen and oxygen atoms in total. The predicted molar refractivity (Wildman–Crippen MR) is 365 cm³/mol. The van der Waals surface area contributed by atoms with Crippen molar-refractivity contribution in [1.82, 2.24) is 0 Å². The molecule has 4 aliphatic carbocycles. The van der Waals surface area contributed by atoms with Gasteiger partial charge in [-0.05, 0) is 171 Å². The van der Waals surface area contributed by atoms with Crippen LogP contribution in [0.3, 0.4) is 0 Å². The molecule has 1 spiro atoms. The van der Waals surface area contributed by atoms with Crippen molar-refractivity contribution in [3.63, 3.8) is 0 Å². The molecule has 88 heavy (non-hydrogen) atoms.